The predicted octanol–water partition coefficient (Wildman–Crippen LogP) is 3.22. The van der Waals surface area contributed by atoms with Crippen molar-refractivity contribution < 1.29 is 9.84 Å². The monoisotopic (exact) mass is 315 g/mol. The van der Waals surface area contributed by atoms with Gasteiger partial charge in [0.2, 0.25) is 5.88 Å². The van der Waals surface area contributed by atoms with Crippen molar-refractivity contribution in [1.82, 2.24) is 4.98 Å². The quantitative estimate of drug-likeness (QED) is 0.862. The van der Waals surface area contributed by atoms with Gasteiger partial charge < -0.3 is 9.84 Å². The fraction of sp³-hybridized carbons (Fsp3) is 0.389. The maximum Gasteiger partial charge on any atom is 0.216 e. The first kappa shape index (κ1) is 16.7. The highest BCUT2D eigenvalue weighted by atomic mass is 28.3. The summed E-state index contributed by atoms with van der Waals surface area (Å²) in [7, 11) is 0.0602. The number of rotatable bonds is 5. The summed E-state index contributed by atoms with van der Waals surface area (Å²) in [5, 5.41) is 11.8. The van der Waals surface area contributed by atoms with Crippen LogP contribution < -0.4 is 10.1 Å². The Morgan fingerprint density at radius 3 is 2.36 bits per heavy atom. The first-order valence-electron chi connectivity index (χ1n) is 7.61. The fourth-order valence-electron chi connectivity index (χ4n) is 2.48. The standard InChI is InChI=1S/C18H25NO2Si/c1-13-15(16(20)11-14-9-7-6-8-10-14)12-17(22(3,4)5)19-18(13)21-2/h6-10,12,16,20H,11H2,1-5H3. The number of hydrogen-bond acceptors (Lipinski definition) is 3. The number of benzene rings is 1. The third kappa shape index (κ3) is 3.75. The maximum absolute atomic E-state index is 10.7. The van der Waals surface area contributed by atoms with Crippen LogP contribution in [0.4, 0.5) is 0 Å². The van der Waals surface area contributed by atoms with Crippen molar-refractivity contribution in [2.45, 2.75) is 39.1 Å². The molecule has 0 amide bonds. The van der Waals surface area contributed by atoms with E-state index in [0.29, 0.717) is 12.3 Å². The Morgan fingerprint density at radius 1 is 1.18 bits per heavy atom. The zero-order chi connectivity index (χ0) is 16.3. The normalized spacial score (nSPS) is 13.0. The topological polar surface area (TPSA) is 42.4 Å². The van der Waals surface area contributed by atoms with Gasteiger partial charge in [-0.3, -0.25) is 0 Å². The lowest BCUT2D eigenvalue weighted by Crippen LogP contribution is -2.40. The molecule has 0 bridgehead atoms. The van der Waals surface area contributed by atoms with Crippen molar-refractivity contribution in [3.05, 3.63) is 53.1 Å². The highest BCUT2D eigenvalue weighted by Crippen LogP contribution is 2.26. The van der Waals surface area contributed by atoms with Crippen LogP contribution in [0.5, 0.6) is 5.88 Å². The van der Waals surface area contributed by atoms with Crippen LogP contribution in [0.3, 0.4) is 0 Å². The van der Waals surface area contributed by atoms with E-state index in [2.05, 4.69) is 30.7 Å². The molecule has 4 heteroatoms. The van der Waals surface area contributed by atoms with Crippen LogP contribution in [-0.2, 0) is 6.42 Å². The van der Waals surface area contributed by atoms with Gasteiger partial charge in [0.15, 0.2) is 0 Å². The minimum atomic E-state index is -1.58. The first-order valence-corrected chi connectivity index (χ1v) is 11.1. The summed E-state index contributed by atoms with van der Waals surface area (Å²) in [6.07, 6.45) is 0.0504. The van der Waals surface area contributed by atoms with Crippen LogP contribution >= 0.6 is 0 Å². The average molecular weight is 315 g/mol. The largest absolute Gasteiger partial charge is 0.481 e. The highest BCUT2D eigenvalue weighted by molar-refractivity contribution is 6.88. The number of hydrogen-bond donors (Lipinski definition) is 1. The highest BCUT2D eigenvalue weighted by Gasteiger charge is 2.24. The van der Waals surface area contributed by atoms with Gasteiger partial charge >= 0.3 is 0 Å². The molecular formula is C18H25NO2Si. The Kier molecular flexibility index (Phi) is 5.03. The Balaban J connectivity index is 2.40. The third-order valence-electron chi connectivity index (χ3n) is 3.86. The molecular weight excluding hydrogens is 290 g/mol. The predicted molar refractivity (Wildman–Crippen MR) is 93.6 cm³/mol. The van der Waals surface area contributed by atoms with E-state index in [1.165, 1.54) is 0 Å². The summed E-state index contributed by atoms with van der Waals surface area (Å²) >= 11 is 0. The second kappa shape index (κ2) is 6.63. The average Bonchev–Trinajstić information content (AvgIpc) is 2.47. The van der Waals surface area contributed by atoms with Gasteiger partial charge in [0.25, 0.3) is 0 Å². The molecule has 22 heavy (non-hydrogen) atoms. The van der Waals surface area contributed by atoms with Crippen molar-refractivity contribution in [2.24, 2.45) is 0 Å². The van der Waals surface area contributed by atoms with Crippen LogP contribution in [0.25, 0.3) is 0 Å². The van der Waals surface area contributed by atoms with Gasteiger partial charge in [-0.25, -0.2) is 4.98 Å². The SMILES string of the molecule is COc1nc([Si](C)(C)C)cc(C(O)Cc2ccccc2)c1C. The zero-order valence-electron chi connectivity index (χ0n) is 14.1. The number of nitrogens with zero attached hydrogens (tertiary/aromatic N) is 1. The molecule has 0 saturated heterocycles. The Morgan fingerprint density at radius 2 is 1.82 bits per heavy atom. The molecule has 0 saturated carbocycles. The van der Waals surface area contributed by atoms with Crippen molar-refractivity contribution in [3.8, 4) is 5.88 Å². The molecule has 0 aliphatic rings. The fourth-order valence-corrected chi connectivity index (χ4v) is 3.51. The molecule has 1 N–H and O–H groups in total. The second-order valence-electron chi connectivity index (χ2n) is 6.69. The Labute approximate surface area is 134 Å². The van der Waals surface area contributed by atoms with Gasteiger partial charge in [-0.1, -0.05) is 50.0 Å². The summed E-state index contributed by atoms with van der Waals surface area (Å²) in [6, 6.07) is 12.1. The van der Waals surface area contributed by atoms with Crippen LogP contribution in [0.2, 0.25) is 19.6 Å². The lowest BCUT2D eigenvalue weighted by molar-refractivity contribution is 0.177. The molecule has 3 nitrogen and oxygen atoms in total. The van der Waals surface area contributed by atoms with Gasteiger partial charge in [0.1, 0.15) is 8.07 Å². The summed E-state index contributed by atoms with van der Waals surface area (Å²) in [5.41, 5.74) is 2.97. The summed E-state index contributed by atoms with van der Waals surface area (Å²) in [4.78, 5) is 4.64. The van der Waals surface area contributed by atoms with Gasteiger partial charge in [-0.2, -0.15) is 0 Å². The van der Waals surface area contributed by atoms with E-state index in [0.717, 1.165) is 22.0 Å². The van der Waals surface area contributed by atoms with E-state index in [9.17, 15) is 5.11 Å². The summed E-state index contributed by atoms with van der Waals surface area (Å²) in [6.45, 7) is 8.70. The van der Waals surface area contributed by atoms with Crippen molar-refractivity contribution in [3.63, 3.8) is 0 Å². The molecule has 1 aromatic carbocycles. The van der Waals surface area contributed by atoms with Crippen LogP contribution in [0.15, 0.2) is 36.4 Å². The first-order chi connectivity index (χ1) is 10.3. The number of aromatic nitrogens is 1. The summed E-state index contributed by atoms with van der Waals surface area (Å²) in [5.74, 6) is 0.627. The van der Waals surface area contributed by atoms with Gasteiger partial charge in [-0.05, 0) is 24.1 Å². The molecule has 0 fully saturated rings. The molecule has 1 heterocycles. The zero-order valence-corrected chi connectivity index (χ0v) is 15.1. The smallest absolute Gasteiger partial charge is 0.216 e. The van der Waals surface area contributed by atoms with Gasteiger partial charge in [0.05, 0.1) is 13.2 Å². The van der Waals surface area contributed by atoms with Crippen molar-refractivity contribution in [2.75, 3.05) is 7.11 Å². The molecule has 0 spiro atoms. The maximum atomic E-state index is 10.7. The van der Waals surface area contributed by atoms with E-state index in [4.69, 9.17) is 4.74 Å². The molecule has 0 aliphatic carbocycles. The minimum absolute atomic E-state index is 0.547. The van der Waals surface area contributed by atoms with E-state index in [1.54, 1.807) is 7.11 Å². The second-order valence-corrected chi connectivity index (χ2v) is 11.7. The van der Waals surface area contributed by atoms with Crippen molar-refractivity contribution >= 4 is 13.4 Å². The molecule has 0 radical (unpaired) electrons. The number of ether oxygens (including phenoxy) is 1. The molecule has 1 aromatic heterocycles. The van der Waals surface area contributed by atoms with Crippen LogP contribution in [0, 0.1) is 6.92 Å². The van der Waals surface area contributed by atoms with Crippen LogP contribution in [-0.4, -0.2) is 25.3 Å². The lowest BCUT2D eigenvalue weighted by Gasteiger charge is -2.22. The molecule has 2 rings (SSSR count). The van der Waals surface area contributed by atoms with E-state index in [1.807, 2.05) is 37.3 Å². The Hall–Kier alpha value is -1.65. The van der Waals surface area contributed by atoms with E-state index in [-0.39, 0.29) is 0 Å². The number of aliphatic hydroxyl groups is 1. The third-order valence-corrected chi connectivity index (χ3v) is 5.65. The molecule has 0 aliphatic heterocycles. The van der Waals surface area contributed by atoms with Crippen LogP contribution in [0.1, 0.15) is 22.8 Å². The lowest BCUT2D eigenvalue weighted by atomic mass is 9.99. The molecule has 1 unspecified atom stereocenters. The van der Waals surface area contributed by atoms with Crippen molar-refractivity contribution in [1.29, 1.82) is 0 Å². The summed E-state index contributed by atoms with van der Waals surface area (Å²) < 4.78 is 5.42. The van der Waals surface area contributed by atoms with Gasteiger partial charge in [-0.15, -0.1) is 0 Å². The number of pyridine rings is 1. The number of aliphatic hydroxyl groups excluding tert-OH is 1. The number of methoxy groups -OCH3 is 1. The minimum Gasteiger partial charge on any atom is -0.481 e. The molecule has 1 atom stereocenters. The van der Waals surface area contributed by atoms with E-state index < -0.39 is 14.2 Å². The van der Waals surface area contributed by atoms with Gasteiger partial charge in [0, 0.05) is 17.3 Å². The van der Waals surface area contributed by atoms with E-state index >= 15 is 0 Å². The molecule has 118 valence electrons. The Bertz CT molecular complexity index is 636. The molecule has 2 aromatic rings.